The van der Waals surface area contributed by atoms with Crippen LogP contribution in [0.25, 0.3) is 0 Å². The Morgan fingerprint density at radius 2 is 1.68 bits per heavy atom. The molecule has 0 aromatic heterocycles. The fraction of sp³-hybridized carbons (Fsp3) is 0.786. The maximum absolute atomic E-state index is 11.4. The van der Waals surface area contributed by atoms with Crippen molar-refractivity contribution in [1.82, 2.24) is 5.32 Å². The van der Waals surface area contributed by atoms with E-state index in [1.807, 2.05) is 0 Å². The monoisotopic (exact) mass is 338 g/mol. The van der Waals surface area contributed by atoms with Crippen LogP contribution in [-0.2, 0) is 14.9 Å². The van der Waals surface area contributed by atoms with Gasteiger partial charge in [0.15, 0.2) is 0 Å². The van der Waals surface area contributed by atoms with Gasteiger partial charge in [0.2, 0.25) is 5.91 Å². The Bertz CT molecular complexity index is 444. The summed E-state index contributed by atoms with van der Waals surface area (Å²) >= 11 is 0. The van der Waals surface area contributed by atoms with Gasteiger partial charge in [0.1, 0.15) is 0 Å². The van der Waals surface area contributed by atoms with Crippen LogP contribution in [0.4, 0.5) is 0 Å². The molecule has 0 aliphatic heterocycles. The number of carbonyl (C=O) groups excluding carboxylic acids is 1. The molecule has 0 unspecified atom stereocenters. The Balaban J connectivity index is 0. The highest BCUT2D eigenvalue weighted by Gasteiger charge is 2.23. The van der Waals surface area contributed by atoms with Gasteiger partial charge in [-0.3, -0.25) is 9.35 Å². The molecule has 7 nitrogen and oxygen atoms in total. The van der Waals surface area contributed by atoms with Gasteiger partial charge in [0.05, 0.1) is 31.9 Å². The number of hydrogen-bond acceptors (Lipinski definition) is 4. The molecule has 0 saturated carbocycles. The van der Waals surface area contributed by atoms with Crippen LogP contribution in [0.1, 0.15) is 33.6 Å². The zero-order valence-electron chi connectivity index (χ0n) is 13.8. The van der Waals surface area contributed by atoms with Crippen LogP contribution >= 0.6 is 0 Å². The Labute approximate surface area is 134 Å². The molecule has 0 aliphatic carbocycles. The summed E-state index contributed by atoms with van der Waals surface area (Å²) in [4.78, 5) is 11.4. The number of amides is 1. The average molecular weight is 338 g/mol. The summed E-state index contributed by atoms with van der Waals surface area (Å²) in [6, 6.07) is 0. The van der Waals surface area contributed by atoms with Crippen LogP contribution in [-0.4, -0.2) is 67.3 Å². The van der Waals surface area contributed by atoms with Gasteiger partial charge in [-0.1, -0.05) is 6.58 Å². The molecule has 0 fully saturated rings. The lowest BCUT2D eigenvalue weighted by Crippen LogP contribution is -2.50. The number of quaternary nitrogens is 1. The SMILES string of the molecule is C=C(C)C(=O)NCCC[N+](CC)(CC)CCCS(=O)(=O)O.[OH-]. The molecule has 0 radical (unpaired) electrons. The maximum atomic E-state index is 11.4. The Morgan fingerprint density at radius 3 is 2.09 bits per heavy atom. The Hall–Kier alpha value is -0.960. The predicted octanol–water partition coefficient (Wildman–Crippen LogP) is 1.03. The van der Waals surface area contributed by atoms with E-state index >= 15 is 0 Å². The van der Waals surface area contributed by atoms with E-state index in [1.165, 1.54) is 0 Å². The molecule has 0 bridgehead atoms. The van der Waals surface area contributed by atoms with Gasteiger partial charge in [0, 0.05) is 25.0 Å². The molecule has 8 heteroatoms. The van der Waals surface area contributed by atoms with E-state index in [4.69, 9.17) is 4.55 Å². The molecule has 0 spiro atoms. The molecule has 132 valence electrons. The summed E-state index contributed by atoms with van der Waals surface area (Å²) in [5, 5.41) is 2.80. The third kappa shape index (κ3) is 9.88. The van der Waals surface area contributed by atoms with E-state index in [2.05, 4.69) is 25.7 Å². The van der Waals surface area contributed by atoms with Crippen molar-refractivity contribution >= 4 is 16.0 Å². The van der Waals surface area contributed by atoms with E-state index < -0.39 is 10.1 Å². The van der Waals surface area contributed by atoms with Crippen molar-refractivity contribution in [1.29, 1.82) is 0 Å². The van der Waals surface area contributed by atoms with Gasteiger partial charge < -0.3 is 15.3 Å². The summed E-state index contributed by atoms with van der Waals surface area (Å²) in [6.45, 7) is 13.4. The molecule has 0 aromatic rings. The zero-order chi connectivity index (χ0) is 16.5. The first kappa shape index (κ1) is 23.3. The molecule has 3 N–H and O–H groups in total. The van der Waals surface area contributed by atoms with Crippen molar-refractivity contribution in [3.8, 4) is 0 Å². The first-order valence-electron chi connectivity index (χ1n) is 7.39. The Kier molecular flexibility index (Phi) is 11.4. The second kappa shape index (κ2) is 10.7. The Morgan fingerprint density at radius 1 is 1.18 bits per heavy atom. The third-order valence-corrected chi connectivity index (χ3v) is 4.66. The largest absolute Gasteiger partial charge is 0.870 e. The molecule has 0 aliphatic rings. The fourth-order valence-electron chi connectivity index (χ4n) is 2.32. The number of carbonyl (C=O) groups is 1. The number of rotatable bonds is 11. The average Bonchev–Trinajstić information content (AvgIpc) is 2.40. The molecule has 0 saturated heterocycles. The molecule has 0 atom stereocenters. The smallest absolute Gasteiger partial charge is 0.265 e. The second-order valence-electron chi connectivity index (χ2n) is 5.45. The molecule has 0 rings (SSSR count). The highest BCUT2D eigenvalue weighted by atomic mass is 32.2. The highest BCUT2D eigenvalue weighted by molar-refractivity contribution is 7.85. The first-order valence-corrected chi connectivity index (χ1v) is 9.00. The summed E-state index contributed by atoms with van der Waals surface area (Å²) < 4.78 is 31.2. The molecule has 0 heterocycles. The van der Waals surface area contributed by atoms with Crippen LogP contribution in [0.3, 0.4) is 0 Å². The van der Waals surface area contributed by atoms with E-state index in [9.17, 15) is 13.2 Å². The van der Waals surface area contributed by atoms with Gasteiger partial charge in [-0.15, -0.1) is 0 Å². The first-order chi connectivity index (χ1) is 9.66. The molecular formula is C14H30N2O5S. The minimum atomic E-state index is -3.89. The minimum Gasteiger partial charge on any atom is -0.870 e. The second-order valence-corrected chi connectivity index (χ2v) is 7.02. The van der Waals surface area contributed by atoms with Crippen molar-refractivity contribution in [2.45, 2.75) is 33.6 Å². The van der Waals surface area contributed by atoms with E-state index in [0.717, 1.165) is 30.5 Å². The summed E-state index contributed by atoms with van der Waals surface area (Å²) in [5.74, 6) is -0.327. The molecule has 0 aromatic carbocycles. The topological polar surface area (TPSA) is 113 Å². The fourth-order valence-corrected chi connectivity index (χ4v) is 2.81. The van der Waals surface area contributed by atoms with Crippen molar-refractivity contribution in [2.75, 3.05) is 38.5 Å². The van der Waals surface area contributed by atoms with Gasteiger partial charge in [-0.25, -0.2) is 0 Å². The molecule has 22 heavy (non-hydrogen) atoms. The van der Waals surface area contributed by atoms with Gasteiger partial charge >= 0.3 is 0 Å². The van der Waals surface area contributed by atoms with E-state index in [0.29, 0.717) is 25.1 Å². The number of nitrogens with one attached hydrogen (secondary N) is 1. The van der Waals surface area contributed by atoms with Crippen LogP contribution in [0.2, 0.25) is 0 Å². The highest BCUT2D eigenvalue weighted by Crippen LogP contribution is 2.10. The zero-order valence-corrected chi connectivity index (χ0v) is 14.7. The van der Waals surface area contributed by atoms with Gasteiger partial charge in [0.25, 0.3) is 10.1 Å². The summed E-state index contributed by atoms with van der Waals surface area (Å²) in [7, 11) is -3.89. The molecule has 1 amide bonds. The number of hydrogen-bond donors (Lipinski definition) is 2. The van der Waals surface area contributed by atoms with Crippen LogP contribution in [0.5, 0.6) is 0 Å². The minimum absolute atomic E-state index is 0. The lowest BCUT2D eigenvalue weighted by molar-refractivity contribution is -0.925. The van der Waals surface area contributed by atoms with Crippen molar-refractivity contribution in [3.63, 3.8) is 0 Å². The van der Waals surface area contributed by atoms with E-state index in [1.54, 1.807) is 6.92 Å². The maximum Gasteiger partial charge on any atom is 0.265 e. The van der Waals surface area contributed by atoms with Crippen molar-refractivity contribution < 1.29 is 27.7 Å². The van der Waals surface area contributed by atoms with Crippen LogP contribution < -0.4 is 5.32 Å². The van der Waals surface area contributed by atoms with Crippen LogP contribution in [0.15, 0.2) is 12.2 Å². The summed E-state index contributed by atoms with van der Waals surface area (Å²) in [5.41, 5.74) is 0.495. The quantitative estimate of drug-likeness (QED) is 0.253. The third-order valence-electron chi connectivity index (χ3n) is 3.86. The van der Waals surface area contributed by atoms with Crippen molar-refractivity contribution in [3.05, 3.63) is 12.2 Å². The van der Waals surface area contributed by atoms with Crippen molar-refractivity contribution in [2.24, 2.45) is 0 Å². The lowest BCUT2D eigenvalue weighted by atomic mass is 10.2. The van der Waals surface area contributed by atoms with Gasteiger partial charge in [-0.05, 0) is 20.8 Å². The molecular weight excluding hydrogens is 308 g/mol. The lowest BCUT2D eigenvalue weighted by Gasteiger charge is -2.37. The summed E-state index contributed by atoms with van der Waals surface area (Å²) in [6.07, 6.45) is 1.27. The van der Waals surface area contributed by atoms with Crippen LogP contribution in [0, 0.1) is 0 Å². The predicted molar refractivity (Wildman–Crippen MR) is 86.5 cm³/mol. The number of nitrogens with zero attached hydrogens (tertiary/aromatic N) is 1. The van der Waals surface area contributed by atoms with Gasteiger partial charge in [-0.2, -0.15) is 8.42 Å². The van der Waals surface area contributed by atoms with E-state index in [-0.39, 0.29) is 17.1 Å². The normalized spacial score (nSPS) is 11.6. The standard InChI is InChI=1S/C14H28N2O4S.H2O/c1-5-16(6-2,11-8-12-21(18,19)20)10-7-9-15-14(17)13(3)4;/h3,5-12H2,1-2,4H3,(H-,15,17,18,19,20);1H2.